The van der Waals surface area contributed by atoms with Crippen molar-refractivity contribution in [1.82, 2.24) is 10.6 Å². The van der Waals surface area contributed by atoms with E-state index in [-0.39, 0.29) is 5.82 Å². The van der Waals surface area contributed by atoms with Crippen LogP contribution in [0.3, 0.4) is 0 Å². The van der Waals surface area contributed by atoms with Gasteiger partial charge in [0.1, 0.15) is 11.6 Å². The fourth-order valence-electron chi connectivity index (χ4n) is 1.87. The minimum absolute atomic E-state index is 0.352. The summed E-state index contributed by atoms with van der Waals surface area (Å²) in [6.07, 6.45) is 0. The topological polar surface area (TPSA) is 24.1 Å². The second-order valence-corrected chi connectivity index (χ2v) is 5.04. The van der Waals surface area contributed by atoms with E-state index in [1.165, 1.54) is 12.1 Å². The van der Waals surface area contributed by atoms with Gasteiger partial charge >= 0.3 is 0 Å². The Labute approximate surface area is 108 Å². The van der Waals surface area contributed by atoms with Crippen LogP contribution in [-0.4, -0.2) is 26.2 Å². The normalized spacial score (nSPS) is 11.8. The Morgan fingerprint density at radius 3 is 2.44 bits per heavy atom. The molecule has 0 aliphatic rings. The van der Waals surface area contributed by atoms with Gasteiger partial charge in [-0.3, -0.25) is 0 Å². The number of likely N-dealkylation sites (N-methyl/N-ethyl adjacent to an activating group) is 1. The zero-order chi connectivity index (χ0) is 13.6. The third-order valence-corrected chi connectivity index (χ3v) is 2.95. The third kappa shape index (κ3) is 4.35. The molecule has 0 spiro atoms. The predicted molar refractivity (Wildman–Crippen MR) is 70.8 cm³/mol. The van der Waals surface area contributed by atoms with Crippen molar-refractivity contribution in [2.75, 3.05) is 26.2 Å². The average molecular weight is 256 g/mol. The molecule has 0 fully saturated rings. The molecule has 0 radical (unpaired) electrons. The van der Waals surface area contributed by atoms with Crippen LogP contribution in [0.15, 0.2) is 18.2 Å². The van der Waals surface area contributed by atoms with E-state index in [1.807, 2.05) is 20.8 Å². The molecule has 18 heavy (non-hydrogen) atoms. The average Bonchev–Trinajstić information content (AvgIpc) is 2.32. The van der Waals surface area contributed by atoms with E-state index < -0.39 is 11.2 Å². The summed E-state index contributed by atoms with van der Waals surface area (Å²) in [5, 5.41) is 6.45. The molecule has 4 heteroatoms. The molecule has 0 aromatic heterocycles. The Hall–Kier alpha value is -1.00. The molecule has 2 nitrogen and oxygen atoms in total. The van der Waals surface area contributed by atoms with Gasteiger partial charge in [0.2, 0.25) is 0 Å². The van der Waals surface area contributed by atoms with Crippen LogP contribution >= 0.6 is 0 Å². The van der Waals surface area contributed by atoms with Crippen LogP contribution in [0.5, 0.6) is 0 Å². The van der Waals surface area contributed by atoms with E-state index in [2.05, 4.69) is 10.6 Å². The number of rotatable bonds is 7. The van der Waals surface area contributed by atoms with E-state index in [1.54, 1.807) is 0 Å². The molecular formula is C14H22F2N2. The van der Waals surface area contributed by atoms with Crippen molar-refractivity contribution in [3.63, 3.8) is 0 Å². The Morgan fingerprint density at radius 2 is 1.78 bits per heavy atom. The molecule has 102 valence electrons. The molecule has 0 saturated carbocycles. The van der Waals surface area contributed by atoms with Crippen LogP contribution in [0.25, 0.3) is 0 Å². The van der Waals surface area contributed by atoms with Gasteiger partial charge in [0.05, 0.1) is 0 Å². The molecule has 0 aliphatic heterocycles. The van der Waals surface area contributed by atoms with Gasteiger partial charge in [0.25, 0.3) is 0 Å². The second kappa shape index (κ2) is 6.81. The van der Waals surface area contributed by atoms with E-state index in [9.17, 15) is 8.78 Å². The molecule has 0 heterocycles. The molecule has 0 amide bonds. The first-order valence-electron chi connectivity index (χ1n) is 6.34. The molecule has 0 atom stereocenters. The number of benzene rings is 1. The number of hydrogen-bond donors (Lipinski definition) is 2. The van der Waals surface area contributed by atoms with Crippen molar-refractivity contribution in [3.05, 3.63) is 35.4 Å². The fourth-order valence-corrected chi connectivity index (χ4v) is 1.87. The van der Waals surface area contributed by atoms with Gasteiger partial charge in [0, 0.05) is 25.0 Å². The molecule has 0 unspecified atom stereocenters. The standard InChI is InChI=1S/C14H22F2N2/c1-4-17-7-8-18-10-14(2,3)12-9-11(15)5-6-13(12)16/h5-6,9,17-18H,4,7-8,10H2,1-3H3. The third-order valence-electron chi connectivity index (χ3n) is 2.95. The first-order chi connectivity index (χ1) is 8.47. The van der Waals surface area contributed by atoms with Crippen LogP contribution in [0.1, 0.15) is 26.3 Å². The SMILES string of the molecule is CCNCCNCC(C)(C)c1cc(F)ccc1F. The van der Waals surface area contributed by atoms with Gasteiger partial charge in [0.15, 0.2) is 0 Å². The summed E-state index contributed by atoms with van der Waals surface area (Å²) >= 11 is 0. The van der Waals surface area contributed by atoms with Crippen molar-refractivity contribution in [3.8, 4) is 0 Å². The van der Waals surface area contributed by atoms with Gasteiger partial charge in [-0.25, -0.2) is 8.78 Å². The summed E-state index contributed by atoms with van der Waals surface area (Å²) in [5.41, 5.74) is -0.0169. The highest BCUT2D eigenvalue weighted by molar-refractivity contribution is 5.26. The van der Waals surface area contributed by atoms with Crippen LogP contribution in [-0.2, 0) is 5.41 Å². The molecule has 1 rings (SSSR count). The number of halogens is 2. The highest BCUT2D eigenvalue weighted by Gasteiger charge is 2.24. The quantitative estimate of drug-likeness (QED) is 0.732. The Kier molecular flexibility index (Phi) is 5.69. The molecule has 2 N–H and O–H groups in total. The highest BCUT2D eigenvalue weighted by Crippen LogP contribution is 2.25. The summed E-state index contributed by atoms with van der Waals surface area (Å²) in [6, 6.07) is 3.61. The Bertz CT molecular complexity index is 378. The minimum atomic E-state index is -0.432. The maximum Gasteiger partial charge on any atom is 0.127 e. The summed E-state index contributed by atoms with van der Waals surface area (Å²) in [5.74, 6) is -0.748. The lowest BCUT2D eigenvalue weighted by Crippen LogP contribution is -2.37. The number of hydrogen-bond acceptors (Lipinski definition) is 2. The van der Waals surface area contributed by atoms with E-state index in [0.29, 0.717) is 12.1 Å². The fraction of sp³-hybridized carbons (Fsp3) is 0.571. The lowest BCUT2D eigenvalue weighted by atomic mass is 9.84. The van der Waals surface area contributed by atoms with E-state index in [0.717, 1.165) is 25.7 Å². The Balaban J connectivity index is 2.59. The van der Waals surface area contributed by atoms with Crippen molar-refractivity contribution < 1.29 is 8.78 Å². The monoisotopic (exact) mass is 256 g/mol. The molecule has 0 aliphatic carbocycles. The summed E-state index contributed by atoms with van der Waals surface area (Å²) in [6.45, 7) is 9.09. The summed E-state index contributed by atoms with van der Waals surface area (Å²) < 4.78 is 26.9. The van der Waals surface area contributed by atoms with Crippen LogP contribution < -0.4 is 10.6 Å². The van der Waals surface area contributed by atoms with Gasteiger partial charge in [-0.15, -0.1) is 0 Å². The van der Waals surface area contributed by atoms with Crippen molar-refractivity contribution in [2.24, 2.45) is 0 Å². The van der Waals surface area contributed by atoms with Crippen molar-refractivity contribution in [1.29, 1.82) is 0 Å². The predicted octanol–water partition coefficient (Wildman–Crippen LogP) is 2.44. The van der Waals surface area contributed by atoms with E-state index >= 15 is 0 Å². The van der Waals surface area contributed by atoms with Crippen molar-refractivity contribution in [2.45, 2.75) is 26.2 Å². The molecule has 1 aromatic rings. The van der Waals surface area contributed by atoms with Crippen LogP contribution in [0, 0.1) is 11.6 Å². The van der Waals surface area contributed by atoms with Crippen LogP contribution in [0.4, 0.5) is 8.78 Å². The largest absolute Gasteiger partial charge is 0.316 e. The maximum atomic E-state index is 13.7. The maximum absolute atomic E-state index is 13.7. The van der Waals surface area contributed by atoms with E-state index in [4.69, 9.17) is 0 Å². The molecule has 0 saturated heterocycles. The molecule has 0 bridgehead atoms. The molecular weight excluding hydrogens is 234 g/mol. The summed E-state index contributed by atoms with van der Waals surface area (Å²) in [7, 11) is 0. The van der Waals surface area contributed by atoms with Gasteiger partial charge in [-0.1, -0.05) is 20.8 Å². The van der Waals surface area contributed by atoms with Gasteiger partial charge < -0.3 is 10.6 Å². The summed E-state index contributed by atoms with van der Waals surface area (Å²) in [4.78, 5) is 0. The highest BCUT2D eigenvalue weighted by atomic mass is 19.1. The lowest BCUT2D eigenvalue weighted by molar-refractivity contribution is 0.439. The first-order valence-corrected chi connectivity index (χ1v) is 6.34. The zero-order valence-electron chi connectivity index (χ0n) is 11.3. The lowest BCUT2D eigenvalue weighted by Gasteiger charge is -2.26. The smallest absolute Gasteiger partial charge is 0.127 e. The van der Waals surface area contributed by atoms with Gasteiger partial charge in [-0.2, -0.15) is 0 Å². The second-order valence-electron chi connectivity index (χ2n) is 5.04. The minimum Gasteiger partial charge on any atom is -0.316 e. The van der Waals surface area contributed by atoms with Crippen LogP contribution in [0.2, 0.25) is 0 Å². The van der Waals surface area contributed by atoms with Gasteiger partial charge in [-0.05, 0) is 30.3 Å². The first kappa shape index (κ1) is 15.1. The zero-order valence-corrected chi connectivity index (χ0v) is 11.3. The van der Waals surface area contributed by atoms with Crippen molar-refractivity contribution >= 4 is 0 Å². The molecule has 1 aromatic carbocycles. The Morgan fingerprint density at radius 1 is 1.11 bits per heavy atom. The number of nitrogens with one attached hydrogen (secondary N) is 2.